The number of hydrogen-bond donors (Lipinski definition) is 1. The van der Waals surface area contributed by atoms with Crippen molar-refractivity contribution in [3.05, 3.63) is 0 Å². The van der Waals surface area contributed by atoms with Gasteiger partial charge >= 0.3 is 0 Å². The SMILES string of the molecule is CCC(CN)(C1CC1)N1CC(OC)C(OC)C1. The monoisotopic (exact) mass is 242 g/mol. The number of nitrogens with zero attached hydrogens (tertiary/aromatic N) is 1. The predicted octanol–water partition coefficient (Wildman–Crippen LogP) is 0.850. The van der Waals surface area contributed by atoms with Crippen LogP contribution in [0.15, 0.2) is 0 Å². The van der Waals surface area contributed by atoms with Gasteiger partial charge in [0.2, 0.25) is 0 Å². The van der Waals surface area contributed by atoms with Crippen LogP contribution in [0.25, 0.3) is 0 Å². The first-order valence-electron chi connectivity index (χ1n) is 6.72. The predicted molar refractivity (Wildman–Crippen MR) is 68.0 cm³/mol. The Labute approximate surface area is 104 Å². The molecule has 0 aromatic rings. The third kappa shape index (κ3) is 2.24. The van der Waals surface area contributed by atoms with E-state index >= 15 is 0 Å². The Kier molecular flexibility index (Phi) is 4.08. The van der Waals surface area contributed by atoms with Gasteiger partial charge in [0.05, 0.1) is 12.2 Å². The molecular weight excluding hydrogens is 216 g/mol. The summed E-state index contributed by atoms with van der Waals surface area (Å²) in [7, 11) is 3.54. The maximum atomic E-state index is 6.09. The second kappa shape index (κ2) is 5.22. The second-order valence-electron chi connectivity index (χ2n) is 5.39. The average Bonchev–Trinajstić information content (AvgIpc) is 3.11. The van der Waals surface area contributed by atoms with E-state index in [9.17, 15) is 0 Å². The van der Waals surface area contributed by atoms with Crippen molar-refractivity contribution in [2.24, 2.45) is 11.7 Å². The summed E-state index contributed by atoms with van der Waals surface area (Å²) < 4.78 is 11.0. The Morgan fingerprint density at radius 2 is 1.71 bits per heavy atom. The highest BCUT2D eigenvalue weighted by atomic mass is 16.5. The Bertz CT molecular complexity index is 240. The summed E-state index contributed by atoms with van der Waals surface area (Å²) in [6.45, 7) is 4.92. The molecule has 2 rings (SSSR count). The number of methoxy groups -OCH3 is 2. The van der Waals surface area contributed by atoms with Gasteiger partial charge in [-0.15, -0.1) is 0 Å². The fourth-order valence-electron chi connectivity index (χ4n) is 3.39. The third-order valence-electron chi connectivity index (χ3n) is 4.75. The summed E-state index contributed by atoms with van der Waals surface area (Å²) in [5.74, 6) is 0.783. The molecular formula is C13H26N2O2. The molecule has 2 N–H and O–H groups in total. The lowest BCUT2D eigenvalue weighted by molar-refractivity contribution is -0.00461. The Balaban J connectivity index is 2.10. The highest BCUT2D eigenvalue weighted by molar-refractivity contribution is 5.06. The van der Waals surface area contributed by atoms with Gasteiger partial charge < -0.3 is 15.2 Å². The van der Waals surface area contributed by atoms with E-state index in [2.05, 4.69) is 11.8 Å². The number of rotatable bonds is 6. The van der Waals surface area contributed by atoms with Gasteiger partial charge in [-0.1, -0.05) is 6.92 Å². The first-order chi connectivity index (χ1) is 8.21. The number of ether oxygens (including phenoxy) is 2. The molecule has 100 valence electrons. The second-order valence-corrected chi connectivity index (χ2v) is 5.39. The molecule has 3 unspecified atom stereocenters. The minimum absolute atomic E-state index is 0.185. The Morgan fingerprint density at radius 3 is 2.00 bits per heavy atom. The fourth-order valence-corrected chi connectivity index (χ4v) is 3.39. The fraction of sp³-hybridized carbons (Fsp3) is 1.00. The Hall–Kier alpha value is -0.160. The lowest BCUT2D eigenvalue weighted by Gasteiger charge is -2.41. The van der Waals surface area contributed by atoms with E-state index in [1.807, 2.05) is 0 Å². The van der Waals surface area contributed by atoms with Crippen LogP contribution in [0.1, 0.15) is 26.2 Å². The summed E-state index contributed by atoms with van der Waals surface area (Å²) in [5.41, 5.74) is 6.27. The quantitative estimate of drug-likeness (QED) is 0.750. The first-order valence-corrected chi connectivity index (χ1v) is 6.72. The largest absolute Gasteiger partial charge is 0.377 e. The summed E-state index contributed by atoms with van der Waals surface area (Å²) in [6.07, 6.45) is 4.17. The maximum Gasteiger partial charge on any atom is 0.0972 e. The topological polar surface area (TPSA) is 47.7 Å². The molecule has 17 heavy (non-hydrogen) atoms. The van der Waals surface area contributed by atoms with E-state index < -0.39 is 0 Å². The van der Waals surface area contributed by atoms with Gasteiger partial charge in [0.1, 0.15) is 0 Å². The van der Waals surface area contributed by atoms with Crippen molar-refractivity contribution in [3.8, 4) is 0 Å². The van der Waals surface area contributed by atoms with Crippen LogP contribution in [0.5, 0.6) is 0 Å². The van der Waals surface area contributed by atoms with E-state index in [-0.39, 0.29) is 17.7 Å². The first kappa shape index (κ1) is 13.3. The molecule has 4 nitrogen and oxygen atoms in total. The van der Waals surface area contributed by atoms with Gasteiger partial charge in [-0.05, 0) is 25.2 Å². The van der Waals surface area contributed by atoms with Crippen molar-refractivity contribution >= 4 is 0 Å². The van der Waals surface area contributed by atoms with E-state index in [0.717, 1.165) is 32.0 Å². The van der Waals surface area contributed by atoms with E-state index in [0.29, 0.717) is 0 Å². The van der Waals surface area contributed by atoms with E-state index in [1.54, 1.807) is 14.2 Å². The molecule has 1 heterocycles. The van der Waals surface area contributed by atoms with Crippen LogP contribution in [0.2, 0.25) is 0 Å². The van der Waals surface area contributed by atoms with Crippen molar-refractivity contribution in [2.45, 2.75) is 43.9 Å². The van der Waals surface area contributed by atoms with Crippen LogP contribution in [0.3, 0.4) is 0 Å². The maximum absolute atomic E-state index is 6.09. The van der Waals surface area contributed by atoms with E-state index in [4.69, 9.17) is 15.2 Å². The van der Waals surface area contributed by atoms with Crippen LogP contribution >= 0.6 is 0 Å². The molecule has 3 atom stereocenters. The van der Waals surface area contributed by atoms with Crippen molar-refractivity contribution in [3.63, 3.8) is 0 Å². The smallest absolute Gasteiger partial charge is 0.0972 e. The van der Waals surface area contributed by atoms with Gasteiger partial charge in [0, 0.05) is 39.4 Å². The van der Waals surface area contributed by atoms with Crippen LogP contribution in [0, 0.1) is 5.92 Å². The highest BCUT2D eigenvalue weighted by Crippen LogP contribution is 2.46. The zero-order valence-corrected chi connectivity index (χ0v) is 11.3. The van der Waals surface area contributed by atoms with Crippen LogP contribution < -0.4 is 5.73 Å². The zero-order valence-electron chi connectivity index (χ0n) is 11.3. The third-order valence-corrected chi connectivity index (χ3v) is 4.75. The lowest BCUT2D eigenvalue weighted by Crippen LogP contribution is -2.54. The molecule has 0 spiro atoms. The van der Waals surface area contributed by atoms with Crippen LogP contribution in [-0.2, 0) is 9.47 Å². The number of nitrogens with two attached hydrogens (primary N) is 1. The van der Waals surface area contributed by atoms with Gasteiger partial charge in [-0.25, -0.2) is 0 Å². The normalized spacial score (nSPS) is 33.9. The molecule has 0 amide bonds. The minimum Gasteiger partial charge on any atom is -0.377 e. The van der Waals surface area contributed by atoms with E-state index in [1.165, 1.54) is 12.8 Å². The lowest BCUT2D eigenvalue weighted by atomic mass is 9.88. The molecule has 1 aliphatic carbocycles. The molecule has 0 aromatic heterocycles. The van der Waals surface area contributed by atoms with Gasteiger partial charge in [0.15, 0.2) is 0 Å². The van der Waals surface area contributed by atoms with Crippen molar-refractivity contribution < 1.29 is 9.47 Å². The molecule has 1 aliphatic heterocycles. The molecule has 0 aromatic carbocycles. The molecule has 0 radical (unpaired) electrons. The number of likely N-dealkylation sites (tertiary alicyclic amines) is 1. The Morgan fingerprint density at radius 1 is 1.18 bits per heavy atom. The van der Waals surface area contributed by atoms with Gasteiger partial charge in [-0.2, -0.15) is 0 Å². The average molecular weight is 242 g/mol. The van der Waals surface area contributed by atoms with Crippen LogP contribution in [0.4, 0.5) is 0 Å². The summed E-state index contributed by atoms with van der Waals surface area (Å²) in [5, 5.41) is 0. The van der Waals surface area contributed by atoms with Gasteiger partial charge in [0.25, 0.3) is 0 Å². The molecule has 0 bridgehead atoms. The molecule has 2 fully saturated rings. The van der Waals surface area contributed by atoms with Crippen molar-refractivity contribution in [1.29, 1.82) is 0 Å². The highest BCUT2D eigenvalue weighted by Gasteiger charge is 2.51. The summed E-state index contributed by atoms with van der Waals surface area (Å²) in [4.78, 5) is 2.52. The van der Waals surface area contributed by atoms with Gasteiger partial charge in [-0.3, -0.25) is 4.90 Å². The molecule has 4 heteroatoms. The van der Waals surface area contributed by atoms with Crippen molar-refractivity contribution in [2.75, 3.05) is 33.9 Å². The summed E-state index contributed by atoms with van der Waals surface area (Å²) >= 11 is 0. The zero-order chi connectivity index (χ0) is 12.5. The minimum atomic E-state index is 0.185. The molecule has 1 saturated carbocycles. The standard InChI is InChI=1S/C13H26N2O2/c1-4-13(9-14,10-5-6-10)15-7-11(16-2)12(8-15)17-3/h10-12H,4-9,14H2,1-3H3. The molecule has 2 aliphatic rings. The van der Waals surface area contributed by atoms with Crippen LogP contribution in [-0.4, -0.2) is 56.5 Å². The number of hydrogen-bond acceptors (Lipinski definition) is 4. The molecule has 1 saturated heterocycles. The summed E-state index contributed by atoms with van der Waals surface area (Å²) in [6, 6.07) is 0. The van der Waals surface area contributed by atoms with Crippen molar-refractivity contribution in [1.82, 2.24) is 4.90 Å².